The molecule has 1 rings (SSSR count). The van der Waals surface area contributed by atoms with Gasteiger partial charge in [0.2, 0.25) is 0 Å². The number of alkyl halides is 3. The van der Waals surface area contributed by atoms with Crippen LogP contribution in [0.1, 0.15) is 24.5 Å². The molecular weight excluding hydrogens is 231 g/mol. The number of aryl methyl sites for hydroxylation is 1. The van der Waals surface area contributed by atoms with Crippen molar-refractivity contribution < 1.29 is 18.3 Å². The van der Waals surface area contributed by atoms with E-state index in [1.807, 2.05) is 0 Å². The molecule has 2 nitrogen and oxygen atoms in total. The van der Waals surface area contributed by atoms with Crippen molar-refractivity contribution in [1.82, 2.24) is 0 Å². The van der Waals surface area contributed by atoms with Gasteiger partial charge in [-0.05, 0) is 38.0 Å². The molecule has 0 aliphatic rings. The summed E-state index contributed by atoms with van der Waals surface area (Å²) in [6.45, 7) is 3.82. The van der Waals surface area contributed by atoms with Gasteiger partial charge in [0.25, 0.3) is 0 Å². The normalized spacial score (nSPS) is 13.5. The number of aliphatic hydroxyl groups is 1. The molecule has 0 bridgehead atoms. The maximum atomic E-state index is 12.5. The lowest BCUT2D eigenvalue weighted by atomic mass is 10.1. The van der Waals surface area contributed by atoms with Gasteiger partial charge < -0.3 is 10.4 Å². The molecule has 0 aliphatic heterocycles. The quantitative estimate of drug-likeness (QED) is 0.856. The van der Waals surface area contributed by atoms with Gasteiger partial charge >= 0.3 is 6.18 Å². The number of benzene rings is 1. The zero-order valence-electron chi connectivity index (χ0n) is 9.80. The lowest BCUT2D eigenvalue weighted by molar-refractivity contribution is -0.137. The first kappa shape index (κ1) is 13.8. The Morgan fingerprint density at radius 3 is 2.53 bits per heavy atom. The summed E-state index contributed by atoms with van der Waals surface area (Å²) in [4.78, 5) is 0. The average Bonchev–Trinajstić information content (AvgIpc) is 2.18. The van der Waals surface area contributed by atoms with Crippen molar-refractivity contribution >= 4 is 5.69 Å². The van der Waals surface area contributed by atoms with Gasteiger partial charge in [0, 0.05) is 12.2 Å². The van der Waals surface area contributed by atoms with E-state index >= 15 is 0 Å². The summed E-state index contributed by atoms with van der Waals surface area (Å²) in [5, 5.41) is 12.0. The number of halogens is 3. The maximum Gasteiger partial charge on any atom is 0.416 e. The van der Waals surface area contributed by atoms with E-state index in [1.165, 1.54) is 6.07 Å². The highest BCUT2D eigenvalue weighted by Gasteiger charge is 2.30. The van der Waals surface area contributed by atoms with Gasteiger partial charge in [0.15, 0.2) is 0 Å². The highest BCUT2D eigenvalue weighted by atomic mass is 19.4. The van der Waals surface area contributed by atoms with E-state index in [2.05, 4.69) is 5.32 Å². The smallest absolute Gasteiger partial charge is 0.393 e. The van der Waals surface area contributed by atoms with Gasteiger partial charge in [-0.3, -0.25) is 0 Å². The standard InChI is InChI=1S/C12H16F3NO/c1-8-3-4-10(12(13,14)15)7-11(8)16-6-5-9(2)17/h3-4,7,9,16-17H,5-6H2,1-2H3. The van der Waals surface area contributed by atoms with Crippen molar-refractivity contribution in [2.75, 3.05) is 11.9 Å². The van der Waals surface area contributed by atoms with E-state index < -0.39 is 17.8 Å². The summed E-state index contributed by atoms with van der Waals surface area (Å²) in [6, 6.07) is 3.60. The maximum absolute atomic E-state index is 12.5. The molecule has 17 heavy (non-hydrogen) atoms. The molecule has 0 saturated carbocycles. The molecule has 0 aliphatic carbocycles. The van der Waals surface area contributed by atoms with E-state index in [0.29, 0.717) is 18.7 Å². The number of rotatable bonds is 4. The summed E-state index contributed by atoms with van der Waals surface area (Å²) in [6.07, 6.45) is -4.29. The van der Waals surface area contributed by atoms with Crippen molar-refractivity contribution in [3.05, 3.63) is 29.3 Å². The van der Waals surface area contributed by atoms with Crippen LogP contribution in [0.15, 0.2) is 18.2 Å². The van der Waals surface area contributed by atoms with Crippen molar-refractivity contribution in [1.29, 1.82) is 0 Å². The van der Waals surface area contributed by atoms with Crippen LogP contribution >= 0.6 is 0 Å². The summed E-state index contributed by atoms with van der Waals surface area (Å²) in [5.74, 6) is 0. The Kier molecular flexibility index (Phi) is 4.40. The van der Waals surface area contributed by atoms with Crippen LogP contribution in [0.2, 0.25) is 0 Å². The van der Waals surface area contributed by atoms with E-state index in [4.69, 9.17) is 5.11 Å². The predicted octanol–water partition coefficient (Wildman–Crippen LogP) is 3.20. The molecule has 0 saturated heterocycles. The monoisotopic (exact) mass is 247 g/mol. The summed E-state index contributed by atoms with van der Waals surface area (Å²) < 4.78 is 37.4. The highest BCUT2D eigenvalue weighted by Crippen LogP contribution is 2.31. The third kappa shape index (κ3) is 4.26. The van der Waals surface area contributed by atoms with Gasteiger partial charge in [-0.15, -0.1) is 0 Å². The van der Waals surface area contributed by atoms with Gasteiger partial charge in [-0.1, -0.05) is 6.07 Å². The van der Waals surface area contributed by atoms with Crippen LogP contribution < -0.4 is 5.32 Å². The molecule has 0 radical (unpaired) electrons. The first-order chi connectivity index (χ1) is 7.80. The third-order valence-electron chi connectivity index (χ3n) is 2.44. The summed E-state index contributed by atoms with van der Waals surface area (Å²) >= 11 is 0. The van der Waals surface area contributed by atoms with Crippen LogP contribution in [-0.2, 0) is 6.18 Å². The summed E-state index contributed by atoms with van der Waals surface area (Å²) in [5.41, 5.74) is 0.548. The lowest BCUT2D eigenvalue weighted by Gasteiger charge is -2.13. The Balaban J connectivity index is 2.77. The molecular formula is C12H16F3NO. The molecule has 0 spiro atoms. The number of nitrogens with one attached hydrogen (secondary N) is 1. The fourth-order valence-corrected chi connectivity index (χ4v) is 1.40. The van der Waals surface area contributed by atoms with Crippen LogP contribution in [-0.4, -0.2) is 17.8 Å². The average molecular weight is 247 g/mol. The second kappa shape index (κ2) is 5.40. The van der Waals surface area contributed by atoms with Crippen LogP contribution in [0, 0.1) is 6.92 Å². The fourth-order valence-electron chi connectivity index (χ4n) is 1.40. The molecule has 5 heteroatoms. The minimum Gasteiger partial charge on any atom is -0.393 e. The Labute approximate surface area is 98.5 Å². The molecule has 96 valence electrons. The Hall–Kier alpha value is -1.23. The third-order valence-corrected chi connectivity index (χ3v) is 2.44. The molecule has 0 fully saturated rings. The van der Waals surface area contributed by atoms with Crippen LogP contribution in [0.4, 0.5) is 18.9 Å². The largest absolute Gasteiger partial charge is 0.416 e. The second-order valence-corrected chi connectivity index (χ2v) is 4.09. The van der Waals surface area contributed by atoms with E-state index in [1.54, 1.807) is 13.8 Å². The molecule has 1 aromatic rings. The molecule has 1 atom stereocenters. The zero-order chi connectivity index (χ0) is 13.1. The zero-order valence-corrected chi connectivity index (χ0v) is 9.80. The number of hydrogen-bond acceptors (Lipinski definition) is 2. The SMILES string of the molecule is Cc1ccc(C(F)(F)F)cc1NCCC(C)O. The molecule has 0 heterocycles. The first-order valence-corrected chi connectivity index (χ1v) is 5.40. The van der Waals surface area contributed by atoms with Gasteiger partial charge in [-0.25, -0.2) is 0 Å². The van der Waals surface area contributed by atoms with Crippen LogP contribution in [0.3, 0.4) is 0 Å². The van der Waals surface area contributed by atoms with Crippen molar-refractivity contribution in [2.24, 2.45) is 0 Å². The number of anilines is 1. The van der Waals surface area contributed by atoms with E-state index in [0.717, 1.165) is 17.7 Å². The predicted molar refractivity (Wildman–Crippen MR) is 61.0 cm³/mol. The van der Waals surface area contributed by atoms with Crippen LogP contribution in [0.5, 0.6) is 0 Å². The Morgan fingerprint density at radius 1 is 1.35 bits per heavy atom. The minimum absolute atomic E-state index is 0.444. The molecule has 0 amide bonds. The second-order valence-electron chi connectivity index (χ2n) is 4.09. The first-order valence-electron chi connectivity index (χ1n) is 5.40. The molecule has 2 N–H and O–H groups in total. The van der Waals surface area contributed by atoms with E-state index in [9.17, 15) is 13.2 Å². The molecule has 1 unspecified atom stereocenters. The summed E-state index contributed by atoms with van der Waals surface area (Å²) in [7, 11) is 0. The number of aliphatic hydroxyl groups excluding tert-OH is 1. The minimum atomic E-state index is -4.32. The Bertz CT molecular complexity index is 375. The van der Waals surface area contributed by atoms with Crippen molar-refractivity contribution in [2.45, 2.75) is 32.5 Å². The fraction of sp³-hybridized carbons (Fsp3) is 0.500. The van der Waals surface area contributed by atoms with Gasteiger partial charge in [-0.2, -0.15) is 13.2 Å². The molecule has 1 aromatic carbocycles. The lowest BCUT2D eigenvalue weighted by Crippen LogP contribution is -2.12. The van der Waals surface area contributed by atoms with Crippen LogP contribution in [0.25, 0.3) is 0 Å². The van der Waals surface area contributed by atoms with Gasteiger partial charge in [0.05, 0.1) is 11.7 Å². The molecule has 0 aromatic heterocycles. The van der Waals surface area contributed by atoms with Gasteiger partial charge in [0.1, 0.15) is 0 Å². The number of hydrogen-bond donors (Lipinski definition) is 2. The van der Waals surface area contributed by atoms with Crippen molar-refractivity contribution in [3.8, 4) is 0 Å². The Morgan fingerprint density at radius 2 is 2.00 bits per heavy atom. The van der Waals surface area contributed by atoms with Crippen molar-refractivity contribution in [3.63, 3.8) is 0 Å². The van der Waals surface area contributed by atoms with E-state index in [-0.39, 0.29) is 0 Å². The topological polar surface area (TPSA) is 32.3 Å². The highest BCUT2D eigenvalue weighted by molar-refractivity contribution is 5.53.